The van der Waals surface area contributed by atoms with Crippen LogP contribution < -0.4 is 19.3 Å². The Bertz CT molecular complexity index is 1630. The van der Waals surface area contributed by atoms with Gasteiger partial charge in [0.15, 0.2) is 5.03 Å². The Balaban J connectivity index is 1.62. The fourth-order valence-electron chi connectivity index (χ4n) is 5.60. The molecular weight excluding hydrogens is 535 g/mol. The Morgan fingerprint density at radius 3 is 2.72 bits per heavy atom. The Morgan fingerprint density at radius 2 is 2.00 bits per heavy atom. The highest BCUT2D eigenvalue weighted by Gasteiger charge is 2.57. The largest absolute Gasteiger partial charge is 0.319 e. The summed E-state index contributed by atoms with van der Waals surface area (Å²) in [6.07, 6.45) is 7.06. The van der Waals surface area contributed by atoms with E-state index in [1.165, 1.54) is 21.6 Å². The first-order valence-electron chi connectivity index (χ1n) is 12.2. The molecule has 3 atom stereocenters. The van der Waals surface area contributed by atoms with Crippen molar-refractivity contribution in [2.75, 3.05) is 12.3 Å². The van der Waals surface area contributed by atoms with Crippen LogP contribution in [0.2, 0.25) is 0 Å². The number of thioether (sulfide) groups is 1. The molecule has 0 aliphatic carbocycles. The molecule has 192 valence electrons. The molecule has 11 heteroatoms. The molecule has 36 heavy (non-hydrogen) atoms. The molecule has 2 fully saturated rings. The van der Waals surface area contributed by atoms with Gasteiger partial charge in [-0.05, 0) is 32.9 Å². The maximum atomic E-state index is 13.3. The third-order valence-electron chi connectivity index (χ3n) is 7.34. The van der Waals surface area contributed by atoms with Gasteiger partial charge in [0, 0.05) is 31.5 Å². The van der Waals surface area contributed by atoms with Crippen molar-refractivity contribution in [3.05, 3.63) is 59.9 Å². The third kappa shape index (κ3) is 4.23. The average Bonchev–Trinajstić information content (AvgIpc) is 3.58. The number of benzene rings is 1. The Kier molecular flexibility index (Phi) is 7.08. The topological polar surface area (TPSA) is 80.2 Å². The van der Waals surface area contributed by atoms with E-state index in [1.54, 1.807) is 27.7 Å². The minimum absolute atomic E-state index is 0.0369. The number of quaternary nitrogens is 1. The number of thiazole rings is 2. The fraction of sp³-hybridized carbons (Fsp3) is 0.440. The lowest BCUT2D eigenvalue weighted by molar-refractivity contribution is -0.899. The molecule has 7 nitrogen and oxygen atoms in total. The molecule has 2 aliphatic rings. The Hall–Kier alpha value is -1.76. The lowest BCUT2D eigenvalue weighted by Crippen LogP contribution is -2.55. The van der Waals surface area contributed by atoms with Gasteiger partial charge in [-0.2, -0.15) is 13.0 Å². The second-order valence-corrected chi connectivity index (χ2v) is 14.0. The summed E-state index contributed by atoms with van der Waals surface area (Å²) in [5, 5.41) is 1.18. The molecule has 2 aliphatic heterocycles. The first-order valence-corrected chi connectivity index (χ1v) is 16.3. The first-order chi connectivity index (χ1) is 17.2. The fourth-order valence-corrected chi connectivity index (χ4v) is 10.8. The summed E-state index contributed by atoms with van der Waals surface area (Å²) in [7, 11) is -4.18. The number of aromatic nitrogens is 2. The molecule has 0 bridgehead atoms. The van der Waals surface area contributed by atoms with Crippen LogP contribution in [0.5, 0.6) is 0 Å². The van der Waals surface area contributed by atoms with Crippen molar-refractivity contribution >= 4 is 66.9 Å². The van der Waals surface area contributed by atoms with Crippen LogP contribution in [0, 0.1) is 0 Å². The number of fused-ring (bicyclic) bond motifs is 1. The second-order valence-electron chi connectivity index (χ2n) is 9.25. The normalized spacial score (nSPS) is 26.8. The molecule has 0 amide bonds. The van der Waals surface area contributed by atoms with E-state index in [4.69, 9.17) is 0 Å². The van der Waals surface area contributed by atoms with Gasteiger partial charge in [-0.15, -0.1) is 11.3 Å². The molecule has 1 aromatic carbocycles. The van der Waals surface area contributed by atoms with Crippen LogP contribution in [0.25, 0.3) is 22.4 Å². The minimum atomic E-state index is -4.18. The van der Waals surface area contributed by atoms with E-state index in [0.717, 1.165) is 33.4 Å². The highest BCUT2D eigenvalue weighted by atomic mass is 32.2. The number of aryl methyl sites for hydroxylation is 1. The van der Waals surface area contributed by atoms with Crippen LogP contribution in [0.1, 0.15) is 38.6 Å². The molecule has 0 saturated carbocycles. The zero-order chi connectivity index (χ0) is 25.7. The number of para-hydroxylation sites is 1. The third-order valence-corrected chi connectivity index (χ3v) is 12.2. The van der Waals surface area contributed by atoms with Gasteiger partial charge in [0.1, 0.15) is 21.9 Å². The highest BCUT2D eigenvalue weighted by molar-refractivity contribution is 8.03. The molecule has 2 aromatic heterocycles. The number of hydrogen-bond donors (Lipinski definition) is 1. The van der Waals surface area contributed by atoms with Gasteiger partial charge in [-0.1, -0.05) is 35.2 Å². The van der Waals surface area contributed by atoms with E-state index in [2.05, 4.69) is 29.7 Å². The zero-order valence-corrected chi connectivity index (χ0v) is 23.9. The van der Waals surface area contributed by atoms with E-state index in [-0.39, 0.29) is 16.1 Å². The number of nitrogens with zero attached hydrogens (tertiary/aromatic N) is 3. The van der Waals surface area contributed by atoms with Gasteiger partial charge in [0.2, 0.25) is 10.9 Å². The summed E-state index contributed by atoms with van der Waals surface area (Å²) >= 11 is 4.81. The predicted octanol–water partition coefficient (Wildman–Crippen LogP) is 2.86. The van der Waals surface area contributed by atoms with Gasteiger partial charge in [-0.3, -0.25) is 18.4 Å². The maximum absolute atomic E-state index is 13.3. The molecule has 4 heterocycles. The Labute approximate surface area is 223 Å². The summed E-state index contributed by atoms with van der Waals surface area (Å²) in [6, 6.07) is 8.41. The highest BCUT2D eigenvalue weighted by Crippen LogP contribution is 2.48. The van der Waals surface area contributed by atoms with E-state index in [1.807, 2.05) is 38.1 Å². The lowest BCUT2D eigenvalue weighted by atomic mass is 10.2. The van der Waals surface area contributed by atoms with Crippen LogP contribution in [-0.2, 0) is 23.2 Å². The van der Waals surface area contributed by atoms with E-state index in [9.17, 15) is 17.8 Å². The lowest BCUT2D eigenvalue weighted by Gasteiger charge is -2.38. The average molecular weight is 566 g/mol. The first kappa shape index (κ1) is 25.9. The van der Waals surface area contributed by atoms with Crippen molar-refractivity contribution in [1.82, 2.24) is 4.57 Å². The summed E-state index contributed by atoms with van der Waals surface area (Å²) in [5.74, 6) is 0.789. The molecule has 1 spiro atoms. The SMILES string of the molecule is CCn1c(=Cc2sc3ccccc3[n+]2CC)sc(=CC=C2SCC(C)[N+]23CCCC3S(=O)(=O)O)c1=O. The van der Waals surface area contributed by atoms with E-state index in [0.29, 0.717) is 24.0 Å². The van der Waals surface area contributed by atoms with Crippen LogP contribution in [0.4, 0.5) is 0 Å². The van der Waals surface area contributed by atoms with Crippen LogP contribution in [-0.4, -0.2) is 45.7 Å². The predicted molar refractivity (Wildman–Crippen MR) is 149 cm³/mol. The number of rotatable bonds is 5. The molecule has 0 radical (unpaired) electrons. The van der Waals surface area contributed by atoms with Crippen LogP contribution >= 0.6 is 34.4 Å². The standard InChI is InChI=1S/C25H30N3O4S4/c1-4-26-18-9-6-7-10-19(18)34-21(26)15-22-27(5-2)25(29)20(35-22)12-13-23-28(17(3)16-33-23)14-8-11-24(28)36(30,31)32/h6-7,9-10,12-13,15,17,24H,4-5,8,11,14,16H2,1-3H3/q+1/p+1. The van der Waals surface area contributed by atoms with Gasteiger partial charge in [0.05, 0.1) is 22.9 Å². The maximum Gasteiger partial charge on any atom is 0.319 e. The zero-order valence-electron chi connectivity index (χ0n) is 20.6. The molecule has 5 rings (SSSR count). The van der Waals surface area contributed by atoms with Crippen molar-refractivity contribution in [2.24, 2.45) is 0 Å². The molecule has 2 saturated heterocycles. The van der Waals surface area contributed by atoms with Crippen LogP contribution in [0.3, 0.4) is 0 Å². The Morgan fingerprint density at radius 1 is 1.22 bits per heavy atom. The van der Waals surface area contributed by atoms with Crippen LogP contribution in [0.15, 0.2) is 40.2 Å². The summed E-state index contributed by atoms with van der Waals surface area (Å²) in [6.45, 7) is 8.24. The molecular formula is C25H31N3O4S4+2. The van der Waals surface area contributed by atoms with Crippen molar-refractivity contribution in [2.45, 2.75) is 58.1 Å². The quantitative estimate of drug-likeness (QED) is 0.292. The van der Waals surface area contributed by atoms with Crippen molar-refractivity contribution in [3.63, 3.8) is 0 Å². The van der Waals surface area contributed by atoms with Crippen molar-refractivity contribution in [1.29, 1.82) is 0 Å². The summed E-state index contributed by atoms with van der Waals surface area (Å²) < 4.78 is 41.5. The van der Waals surface area contributed by atoms with Gasteiger partial charge < -0.3 is 0 Å². The molecule has 3 aromatic rings. The van der Waals surface area contributed by atoms with E-state index >= 15 is 0 Å². The number of hydrogen-bond acceptors (Lipinski definition) is 6. The number of allylic oxidation sites excluding steroid dienone is 1. The monoisotopic (exact) mass is 565 g/mol. The summed E-state index contributed by atoms with van der Waals surface area (Å²) in [4.78, 5) is 13.3. The van der Waals surface area contributed by atoms with Crippen molar-refractivity contribution < 1.29 is 22.0 Å². The second kappa shape index (κ2) is 9.85. The van der Waals surface area contributed by atoms with E-state index < -0.39 is 15.5 Å². The smallest absolute Gasteiger partial charge is 0.299 e. The van der Waals surface area contributed by atoms with Gasteiger partial charge in [0.25, 0.3) is 10.6 Å². The van der Waals surface area contributed by atoms with Gasteiger partial charge >= 0.3 is 10.1 Å². The molecule has 3 unspecified atom stereocenters. The van der Waals surface area contributed by atoms with Gasteiger partial charge in [-0.25, -0.2) is 0 Å². The summed E-state index contributed by atoms with van der Waals surface area (Å²) in [5.41, 5.74) is 1.15. The van der Waals surface area contributed by atoms with Crippen molar-refractivity contribution in [3.8, 4) is 0 Å². The molecule has 1 N–H and O–H groups in total. The minimum Gasteiger partial charge on any atom is -0.299 e.